The number of hydrogen-bond acceptors (Lipinski definition) is 5. The van der Waals surface area contributed by atoms with Crippen LogP contribution in [0.4, 0.5) is 5.82 Å². The van der Waals surface area contributed by atoms with Gasteiger partial charge in [-0.05, 0) is 38.5 Å². The largest absolute Gasteiger partial charge is 0.488 e. The number of methoxy groups -OCH3 is 1. The quantitative estimate of drug-likeness (QED) is 0.635. The Morgan fingerprint density at radius 2 is 2.10 bits per heavy atom. The fraction of sp³-hybridized carbons (Fsp3) is 0.455. The highest BCUT2D eigenvalue weighted by molar-refractivity contribution is 6.04. The summed E-state index contributed by atoms with van der Waals surface area (Å²) < 4.78 is 12.6. The number of carbonyl (C=O) groups is 1. The van der Waals surface area contributed by atoms with E-state index in [1.54, 1.807) is 43.2 Å². The van der Waals surface area contributed by atoms with E-state index >= 15 is 0 Å². The third-order valence-corrected chi connectivity index (χ3v) is 4.25. The molecule has 1 amide bonds. The molecule has 2 aromatic rings. The fourth-order valence-electron chi connectivity index (χ4n) is 2.56. The minimum atomic E-state index is -0.269. The lowest BCUT2D eigenvalue weighted by Crippen LogP contribution is -2.25. The lowest BCUT2D eigenvalue weighted by Gasteiger charge is -2.15. The van der Waals surface area contributed by atoms with Crippen LogP contribution in [0.25, 0.3) is 0 Å². The molecule has 0 spiro atoms. The maximum atomic E-state index is 12.7. The van der Waals surface area contributed by atoms with Crippen molar-refractivity contribution in [3.8, 4) is 17.6 Å². The van der Waals surface area contributed by atoms with Crippen molar-refractivity contribution < 1.29 is 14.3 Å². The van der Waals surface area contributed by atoms with Crippen LogP contribution in [0, 0.1) is 11.8 Å². The number of nitrogens with zero attached hydrogens (tertiary/aromatic N) is 2. The van der Waals surface area contributed by atoms with Gasteiger partial charge in [0.15, 0.2) is 5.82 Å². The Labute approximate surface area is 172 Å². The van der Waals surface area contributed by atoms with Gasteiger partial charge in [0, 0.05) is 43.6 Å². The molecule has 2 N–H and O–H groups in total. The van der Waals surface area contributed by atoms with Crippen LogP contribution in [0.2, 0.25) is 0 Å². The molecule has 156 valence electrons. The molecule has 1 heterocycles. The number of aryl methyl sites for hydroxylation is 1. The summed E-state index contributed by atoms with van der Waals surface area (Å²) in [4.78, 5) is 12.7. The van der Waals surface area contributed by atoms with Crippen molar-refractivity contribution in [3.05, 3.63) is 41.6 Å². The van der Waals surface area contributed by atoms with Crippen molar-refractivity contribution >= 4 is 11.7 Å². The second-order valence-corrected chi connectivity index (χ2v) is 6.95. The van der Waals surface area contributed by atoms with E-state index in [4.69, 9.17) is 9.47 Å². The van der Waals surface area contributed by atoms with Crippen molar-refractivity contribution in [2.75, 3.05) is 25.6 Å². The van der Waals surface area contributed by atoms with Gasteiger partial charge in [-0.15, -0.1) is 0 Å². The molecule has 0 saturated heterocycles. The minimum absolute atomic E-state index is 0.151. The molecule has 0 fully saturated rings. The van der Waals surface area contributed by atoms with E-state index < -0.39 is 0 Å². The van der Waals surface area contributed by atoms with Gasteiger partial charge < -0.3 is 20.1 Å². The summed E-state index contributed by atoms with van der Waals surface area (Å²) in [6.45, 7) is 7.18. The van der Waals surface area contributed by atoms with E-state index in [0.29, 0.717) is 41.9 Å². The number of rotatable bonds is 9. The molecule has 1 unspecified atom stereocenters. The van der Waals surface area contributed by atoms with Crippen molar-refractivity contribution in [1.29, 1.82) is 0 Å². The number of benzene rings is 1. The highest BCUT2D eigenvalue weighted by Crippen LogP contribution is 2.19. The number of anilines is 1. The molecule has 1 aromatic heterocycles. The van der Waals surface area contributed by atoms with E-state index in [1.165, 1.54) is 0 Å². The minimum Gasteiger partial charge on any atom is -0.488 e. The lowest BCUT2D eigenvalue weighted by atomic mass is 10.1. The van der Waals surface area contributed by atoms with E-state index in [1.807, 2.05) is 13.0 Å². The first kappa shape index (κ1) is 22.5. The molecule has 29 heavy (non-hydrogen) atoms. The van der Waals surface area contributed by atoms with Crippen LogP contribution in [0.1, 0.15) is 43.1 Å². The SMILES string of the molecule is CCC(C)NCC#Cc1cc(O[C@@H](C)COC)cc(C(=O)Nc2ccn(C)n2)c1. The second-order valence-electron chi connectivity index (χ2n) is 6.95. The zero-order chi connectivity index (χ0) is 21.2. The van der Waals surface area contributed by atoms with Crippen molar-refractivity contribution in [1.82, 2.24) is 15.1 Å². The Bertz CT molecular complexity index is 866. The molecule has 0 aliphatic heterocycles. The summed E-state index contributed by atoms with van der Waals surface area (Å²) in [7, 11) is 3.42. The molecule has 1 aromatic carbocycles. The van der Waals surface area contributed by atoms with E-state index in [0.717, 1.165) is 6.42 Å². The van der Waals surface area contributed by atoms with Gasteiger partial charge in [-0.1, -0.05) is 18.8 Å². The molecule has 0 aliphatic rings. The molecule has 2 atom stereocenters. The van der Waals surface area contributed by atoms with Gasteiger partial charge in [-0.2, -0.15) is 5.10 Å². The first-order valence-electron chi connectivity index (χ1n) is 9.75. The predicted octanol–water partition coefficient (Wildman–Crippen LogP) is 2.83. The molecule has 7 heteroatoms. The summed E-state index contributed by atoms with van der Waals surface area (Å²) >= 11 is 0. The maximum absolute atomic E-state index is 12.7. The summed E-state index contributed by atoms with van der Waals surface area (Å²) in [5.74, 6) is 7.00. The molecule has 0 radical (unpaired) electrons. The standard InChI is InChI=1S/C22H30N4O3/c1-6-16(2)23-10-7-8-18-12-19(14-20(13-18)29-17(3)15-28-5)22(27)24-21-9-11-26(4)25-21/h9,11-14,16-17,23H,6,10,15H2,1-5H3,(H,24,25,27)/t16?,17-/m0/s1. The molecule has 0 saturated carbocycles. The third kappa shape index (κ3) is 7.60. The summed E-state index contributed by atoms with van der Waals surface area (Å²) in [5, 5.41) is 10.3. The number of ether oxygens (including phenoxy) is 2. The zero-order valence-electron chi connectivity index (χ0n) is 17.8. The van der Waals surface area contributed by atoms with Crippen LogP contribution >= 0.6 is 0 Å². The fourth-order valence-corrected chi connectivity index (χ4v) is 2.56. The highest BCUT2D eigenvalue weighted by atomic mass is 16.5. The predicted molar refractivity (Wildman–Crippen MR) is 114 cm³/mol. The lowest BCUT2D eigenvalue weighted by molar-refractivity contribution is 0.0917. The Hall–Kier alpha value is -2.82. The average molecular weight is 399 g/mol. The Balaban J connectivity index is 2.21. The summed E-state index contributed by atoms with van der Waals surface area (Å²) in [6.07, 6.45) is 2.66. The molecule has 2 rings (SSSR count). The van der Waals surface area contributed by atoms with E-state index in [2.05, 4.69) is 41.4 Å². The molecule has 0 bridgehead atoms. The number of hydrogen-bond donors (Lipinski definition) is 2. The summed E-state index contributed by atoms with van der Waals surface area (Å²) in [6, 6.07) is 7.43. The normalized spacial score (nSPS) is 12.6. The van der Waals surface area contributed by atoms with Gasteiger partial charge in [0.25, 0.3) is 5.91 Å². The van der Waals surface area contributed by atoms with Gasteiger partial charge >= 0.3 is 0 Å². The average Bonchev–Trinajstić information content (AvgIpc) is 3.09. The van der Waals surface area contributed by atoms with Crippen LogP contribution in [0.5, 0.6) is 5.75 Å². The van der Waals surface area contributed by atoms with Crippen LogP contribution < -0.4 is 15.4 Å². The summed E-state index contributed by atoms with van der Waals surface area (Å²) in [5.41, 5.74) is 1.17. The van der Waals surface area contributed by atoms with Crippen LogP contribution in [-0.4, -0.2) is 48.1 Å². The van der Waals surface area contributed by atoms with Crippen molar-refractivity contribution in [2.45, 2.75) is 39.3 Å². The Morgan fingerprint density at radius 1 is 1.31 bits per heavy atom. The molecular weight excluding hydrogens is 368 g/mol. The molecule has 0 aliphatic carbocycles. The number of nitrogens with one attached hydrogen (secondary N) is 2. The zero-order valence-corrected chi connectivity index (χ0v) is 17.8. The van der Waals surface area contributed by atoms with Crippen molar-refractivity contribution in [2.24, 2.45) is 7.05 Å². The van der Waals surface area contributed by atoms with E-state index in [-0.39, 0.29) is 12.0 Å². The van der Waals surface area contributed by atoms with Crippen LogP contribution in [-0.2, 0) is 11.8 Å². The maximum Gasteiger partial charge on any atom is 0.257 e. The molecular formula is C22H30N4O3. The topological polar surface area (TPSA) is 77.4 Å². The molecule has 7 nitrogen and oxygen atoms in total. The van der Waals surface area contributed by atoms with Crippen molar-refractivity contribution in [3.63, 3.8) is 0 Å². The van der Waals surface area contributed by atoms with Crippen LogP contribution in [0.15, 0.2) is 30.5 Å². The monoisotopic (exact) mass is 398 g/mol. The first-order chi connectivity index (χ1) is 13.9. The number of aromatic nitrogens is 2. The van der Waals surface area contributed by atoms with E-state index in [9.17, 15) is 4.79 Å². The van der Waals surface area contributed by atoms with Gasteiger partial charge in [0.1, 0.15) is 11.9 Å². The Morgan fingerprint density at radius 3 is 2.76 bits per heavy atom. The second kappa shape index (κ2) is 11.2. The van der Waals surface area contributed by atoms with Gasteiger partial charge in [0.05, 0.1) is 13.2 Å². The Kier molecular flexibility index (Phi) is 8.71. The first-order valence-corrected chi connectivity index (χ1v) is 9.75. The smallest absolute Gasteiger partial charge is 0.257 e. The van der Waals surface area contributed by atoms with Gasteiger partial charge in [-0.3, -0.25) is 9.48 Å². The van der Waals surface area contributed by atoms with Gasteiger partial charge in [-0.25, -0.2) is 0 Å². The number of carbonyl (C=O) groups excluding carboxylic acids is 1. The highest BCUT2D eigenvalue weighted by Gasteiger charge is 2.12. The van der Waals surface area contributed by atoms with Crippen LogP contribution in [0.3, 0.4) is 0 Å². The third-order valence-electron chi connectivity index (χ3n) is 4.25. The van der Waals surface area contributed by atoms with Gasteiger partial charge in [0.2, 0.25) is 0 Å². The number of amides is 1.